The first-order valence-corrected chi connectivity index (χ1v) is 4.97. The van der Waals surface area contributed by atoms with E-state index >= 15 is 0 Å². The number of hydrogen-bond donors (Lipinski definition) is 1. The topological polar surface area (TPSA) is 54.5 Å². The highest BCUT2D eigenvalue weighted by Gasteiger charge is 2.03. The zero-order valence-corrected chi connectivity index (χ0v) is 8.74. The van der Waals surface area contributed by atoms with Gasteiger partial charge in [0.1, 0.15) is 5.52 Å². The van der Waals surface area contributed by atoms with Crippen molar-refractivity contribution in [3.05, 3.63) is 17.8 Å². The molecule has 0 aliphatic rings. The summed E-state index contributed by atoms with van der Waals surface area (Å²) in [6.45, 7) is 2.10. The van der Waals surface area contributed by atoms with Gasteiger partial charge in [-0.15, -0.1) is 5.10 Å². The molecule has 0 fully saturated rings. The fourth-order valence-corrected chi connectivity index (χ4v) is 1.59. The lowest BCUT2D eigenvalue weighted by Crippen LogP contribution is -1.96. The molecule has 0 saturated carbocycles. The monoisotopic (exact) mass is 240 g/mol. The molecule has 0 aliphatic carbocycles. The van der Waals surface area contributed by atoms with Crippen LogP contribution in [0.5, 0.6) is 0 Å². The molecule has 0 aliphatic heterocycles. The van der Waals surface area contributed by atoms with Gasteiger partial charge in [-0.2, -0.15) is 10.3 Å². The van der Waals surface area contributed by atoms with E-state index in [0.717, 1.165) is 11.9 Å². The van der Waals surface area contributed by atoms with Crippen LogP contribution in [0.2, 0.25) is 0 Å². The fraction of sp³-hybridized carbons (Fsp3) is 0.375. The normalized spacial score (nSPS) is 13.4. The SMILES string of the molecule is CC(Br)Cc1cnc2n[nH]nc2c1. The number of H-pyrrole nitrogens is 1. The van der Waals surface area contributed by atoms with Crippen molar-refractivity contribution in [1.82, 2.24) is 20.4 Å². The molecule has 0 amide bonds. The van der Waals surface area contributed by atoms with E-state index in [0.29, 0.717) is 10.5 Å². The first kappa shape index (κ1) is 8.62. The van der Waals surface area contributed by atoms with Crippen molar-refractivity contribution < 1.29 is 0 Å². The minimum absolute atomic E-state index is 0.457. The molecular formula is C8H9BrN4. The van der Waals surface area contributed by atoms with Crippen molar-refractivity contribution in [3.63, 3.8) is 0 Å². The van der Waals surface area contributed by atoms with Crippen LogP contribution in [0.1, 0.15) is 12.5 Å². The van der Waals surface area contributed by atoms with Gasteiger partial charge in [0.15, 0.2) is 0 Å². The molecule has 5 heteroatoms. The average Bonchev–Trinajstić information content (AvgIpc) is 2.49. The minimum Gasteiger partial charge on any atom is -0.233 e. The van der Waals surface area contributed by atoms with Crippen molar-refractivity contribution in [1.29, 1.82) is 0 Å². The molecule has 2 rings (SSSR count). The number of rotatable bonds is 2. The Kier molecular flexibility index (Phi) is 2.26. The summed E-state index contributed by atoms with van der Waals surface area (Å²) < 4.78 is 0. The molecule has 0 aromatic carbocycles. The highest BCUT2D eigenvalue weighted by molar-refractivity contribution is 9.09. The van der Waals surface area contributed by atoms with E-state index in [4.69, 9.17) is 0 Å². The molecule has 2 aromatic rings. The number of halogens is 1. The summed E-state index contributed by atoms with van der Waals surface area (Å²) in [4.78, 5) is 4.63. The second-order valence-electron chi connectivity index (χ2n) is 2.99. The zero-order valence-electron chi connectivity index (χ0n) is 7.16. The van der Waals surface area contributed by atoms with Crippen LogP contribution in [0.15, 0.2) is 12.3 Å². The van der Waals surface area contributed by atoms with Crippen molar-refractivity contribution in [2.75, 3.05) is 0 Å². The number of hydrogen-bond acceptors (Lipinski definition) is 3. The van der Waals surface area contributed by atoms with Crippen LogP contribution < -0.4 is 0 Å². The van der Waals surface area contributed by atoms with Crippen LogP contribution >= 0.6 is 15.9 Å². The smallest absolute Gasteiger partial charge is 0.201 e. The summed E-state index contributed by atoms with van der Waals surface area (Å²) in [5.41, 5.74) is 2.67. The Bertz CT molecular complexity index is 409. The quantitative estimate of drug-likeness (QED) is 0.814. The minimum atomic E-state index is 0.457. The number of aromatic amines is 1. The molecule has 0 radical (unpaired) electrons. The van der Waals surface area contributed by atoms with E-state index in [1.807, 2.05) is 12.3 Å². The summed E-state index contributed by atoms with van der Waals surface area (Å²) in [5.74, 6) is 0. The van der Waals surface area contributed by atoms with Crippen molar-refractivity contribution >= 4 is 27.1 Å². The molecule has 1 atom stereocenters. The van der Waals surface area contributed by atoms with Crippen molar-refractivity contribution in [2.45, 2.75) is 18.2 Å². The molecule has 1 N–H and O–H groups in total. The number of alkyl halides is 1. The zero-order chi connectivity index (χ0) is 9.26. The molecule has 0 saturated heterocycles. The van der Waals surface area contributed by atoms with Gasteiger partial charge in [-0.1, -0.05) is 22.9 Å². The highest BCUT2D eigenvalue weighted by Crippen LogP contribution is 2.12. The summed E-state index contributed by atoms with van der Waals surface area (Å²) >= 11 is 3.49. The number of pyridine rings is 1. The maximum Gasteiger partial charge on any atom is 0.201 e. The van der Waals surface area contributed by atoms with Gasteiger partial charge in [-0.3, -0.25) is 0 Å². The Balaban J connectivity index is 2.37. The van der Waals surface area contributed by atoms with Gasteiger partial charge in [0.05, 0.1) is 0 Å². The fourth-order valence-electron chi connectivity index (χ4n) is 1.22. The first-order chi connectivity index (χ1) is 6.25. The van der Waals surface area contributed by atoms with Gasteiger partial charge in [-0.05, 0) is 18.1 Å². The number of fused-ring (bicyclic) bond motifs is 1. The average molecular weight is 241 g/mol. The Labute approximate surface area is 83.9 Å². The third-order valence-electron chi connectivity index (χ3n) is 1.75. The second kappa shape index (κ2) is 3.41. The molecule has 13 heavy (non-hydrogen) atoms. The van der Waals surface area contributed by atoms with Crippen LogP contribution in [0.25, 0.3) is 11.2 Å². The maximum absolute atomic E-state index is 4.17. The Morgan fingerprint density at radius 2 is 2.38 bits per heavy atom. The van der Waals surface area contributed by atoms with Crippen molar-refractivity contribution in [2.24, 2.45) is 0 Å². The lowest BCUT2D eigenvalue weighted by Gasteiger charge is -2.01. The summed E-state index contributed by atoms with van der Waals surface area (Å²) in [6.07, 6.45) is 2.79. The summed E-state index contributed by atoms with van der Waals surface area (Å²) in [7, 11) is 0. The van der Waals surface area contributed by atoms with Crippen LogP contribution in [0, 0.1) is 0 Å². The van der Waals surface area contributed by atoms with E-state index < -0.39 is 0 Å². The van der Waals surface area contributed by atoms with Gasteiger partial charge in [0, 0.05) is 11.0 Å². The summed E-state index contributed by atoms with van der Waals surface area (Å²) in [5, 5.41) is 10.4. The number of aromatic nitrogens is 4. The van der Waals surface area contributed by atoms with Crippen LogP contribution in [-0.2, 0) is 6.42 Å². The predicted molar refractivity (Wildman–Crippen MR) is 53.8 cm³/mol. The Morgan fingerprint density at radius 1 is 1.54 bits per heavy atom. The first-order valence-electron chi connectivity index (χ1n) is 4.05. The highest BCUT2D eigenvalue weighted by atomic mass is 79.9. The van der Waals surface area contributed by atoms with Crippen LogP contribution in [0.4, 0.5) is 0 Å². The molecule has 2 aromatic heterocycles. The predicted octanol–water partition coefficient (Wildman–Crippen LogP) is 1.68. The van der Waals surface area contributed by atoms with Gasteiger partial charge in [0.2, 0.25) is 5.65 Å². The van der Waals surface area contributed by atoms with E-state index in [9.17, 15) is 0 Å². The second-order valence-corrected chi connectivity index (χ2v) is 4.56. The molecule has 2 heterocycles. The molecule has 68 valence electrons. The Hall–Kier alpha value is -0.970. The molecule has 4 nitrogen and oxygen atoms in total. The van der Waals surface area contributed by atoms with Gasteiger partial charge in [-0.25, -0.2) is 4.98 Å². The van der Waals surface area contributed by atoms with Gasteiger partial charge < -0.3 is 0 Å². The number of nitrogens with zero attached hydrogens (tertiary/aromatic N) is 3. The van der Waals surface area contributed by atoms with Gasteiger partial charge >= 0.3 is 0 Å². The molecule has 1 unspecified atom stereocenters. The standard InChI is InChI=1S/C8H9BrN4/c1-5(9)2-6-3-7-8(10-4-6)12-13-11-7/h3-5H,2H2,1H3,(H,10,11,12,13). The maximum atomic E-state index is 4.17. The third-order valence-corrected chi connectivity index (χ3v) is 2.07. The molecule has 0 bridgehead atoms. The largest absolute Gasteiger partial charge is 0.233 e. The van der Waals surface area contributed by atoms with E-state index in [1.165, 1.54) is 5.56 Å². The Morgan fingerprint density at radius 3 is 3.15 bits per heavy atom. The summed E-state index contributed by atoms with van der Waals surface area (Å²) in [6, 6.07) is 2.00. The van der Waals surface area contributed by atoms with E-state index in [1.54, 1.807) is 0 Å². The lowest BCUT2D eigenvalue weighted by molar-refractivity contribution is 0.953. The number of nitrogens with one attached hydrogen (secondary N) is 1. The molecular weight excluding hydrogens is 232 g/mol. The van der Waals surface area contributed by atoms with E-state index in [2.05, 4.69) is 43.2 Å². The third kappa shape index (κ3) is 1.85. The van der Waals surface area contributed by atoms with Gasteiger partial charge in [0.25, 0.3) is 0 Å². The van der Waals surface area contributed by atoms with E-state index in [-0.39, 0.29) is 0 Å². The molecule has 0 spiro atoms. The van der Waals surface area contributed by atoms with Crippen LogP contribution in [-0.4, -0.2) is 25.2 Å². The lowest BCUT2D eigenvalue weighted by atomic mass is 10.2. The van der Waals surface area contributed by atoms with Crippen LogP contribution in [0.3, 0.4) is 0 Å². The van der Waals surface area contributed by atoms with Crippen molar-refractivity contribution in [3.8, 4) is 0 Å².